The fourth-order valence-electron chi connectivity index (χ4n) is 3.29. The van der Waals surface area contributed by atoms with Crippen molar-refractivity contribution in [3.05, 3.63) is 18.7 Å². The maximum atomic E-state index is 5.68. The molecule has 0 aliphatic rings. The lowest BCUT2D eigenvalue weighted by atomic mass is 10.0. The molecular weight excluding hydrogens is 352 g/mol. The van der Waals surface area contributed by atoms with Crippen molar-refractivity contribution < 1.29 is 4.74 Å². The fraction of sp³-hybridized carbons (Fsp3) is 0.870. The van der Waals surface area contributed by atoms with Gasteiger partial charge in [-0.1, -0.05) is 84.5 Å². The standard InChI is InChI=1S/C23H44N2OS/c1-23(2,27)16-21-26-20-15-13-11-9-7-5-3-4-6-8-10-12-14-18-25-19-17-24-22-25/h17,19,22,27H,3-16,18,20-21H2,1-2H3. The Labute approximate surface area is 174 Å². The van der Waals surface area contributed by atoms with Crippen LogP contribution in [0.15, 0.2) is 18.7 Å². The Morgan fingerprint density at radius 1 is 0.778 bits per heavy atom. The molecule has 1 rings (SSSR count). The van der Waals surface area contributed by atoms with E-state index in [9.17, 15) is 0 Å². The summed E-state index contributed by atoms with van der Waals surface area (Å²) >= 11 is 4.51. The average Bonchev–Trinajstić information content (AvgIpc) is 3.13. The van der Waals surface area contributed by atoms with Crippen LogP contribution in [-0.2, 0) is 11.3 Å². The maximum absolute atomic E-state index is 5.68. The monoisotopic (exact) mass is 396 g/mol. The highest BCUT2D eigenvalue weighted by atomic mass is 32.1. The molecule has 158 valence electrons. The number of rotatable bonds is 19. The number of hydrogen-bond donors (Lipinski definition) is 1. The molecular formula is C23H44N2OS. The first-order valence-electron chi connectivity index (χ1n) is 11.3. The molecule has 1 aromatic heterocycles. The van der Waals surface area contributed by atoms with Gasteiger partial charge in [0.25, 0.3) is 0 Å². The zero-order valence-corrected chi connectivity index (χ0v) is 18.9. The van der Waals surface area contributed by atoms with Gasteiger partial charge in [-0.3, -0.25) is 0 Å². The molecule has 0 fully saturated rings. The molecule has 0 spiro atoms. The van der Waals surface area contributed by atoms with Crippen LogP contribution in [-0.4, -0.2) is 27.5 Å². The van der Waals surface area contributed by atoms with Gasteiger partial charge in [0.05, 0.1) is 6.33 Å². The Hall–Kier alpha value is -0.480. The highest BCUT2D eigenvalue weighted by Crippen LogP contribution is 2.16. The van der Waals surface area contributed by atoms with Crippen LogP contribution in [0.2, 0.25) is 0 Å². The number of nitrogens with zero attached hydrogens (tertiary/aromatic N) is 2. The molecule has 1 aromatic rings. The second kappa shape index (κ2) is 16.5. The molecule has 3 nitrogen and oxygen atoms in total. The minimum absolute atomic E-state index is 0.0981. The van der Waals surface area contributed by atoms with Crippen molar-refractivity contribution in [1.29, 1.82) is 0 Å². The summed E-state index contributed by atoms with van der Waals surface area (Å²) in [6.07, 6.45) is 24.7. The number of aryl methyl sites for hydroxylation is 1. The van der Waals surface area contributed by atoms with Crippen LogP contribution in [0, 0.1) is 0 Å². The second-order valence-corrected chi connectivity index (χ2v) is 9.78. The number of ether oxygens (including phenoxy) is 1. The van der Waals surface area contributed by atoms with Gasteiger partial charge in [0.15, 0.2) is 0 Å². The molecule has 0 aliphatic heterocycles. The Morgan fingerprint density at radius 3 is 1.78 bits per heavy atom. The van der Waals surface area contributed by atoms with Crippen molar-refractivity contribution in [1.82, 2.24) is 9.55 Å². The average molecular weight is 397 g/mol. The van der Waals surface area contributed by atoms with E-state index in [1.54, 1.807) is 0 Å². The zero-order chi connectivity index (χ0) is 19.6. The summed E-state index contributed by atoms with van der Waals surface area (Å²) < 4.78 is 7.96. The minimum atomic E-state index is 0.0981. The summed E-state index contributed by atoms with van der Waals surface area (Å²) in [5, 5.41) is 0. The Kier molecular flexibility index (Phi) is 15.0. The topological polar surface area (TPSA) is 27.1 Å². The molecule has 0 aliphatic carbocycles. The van der Waals surface area contributed by atoms with Crippen molar-refractivity contribution in [2.45, 2.75) is 115 Å². The number of thiol groups is 1. The van der Waals surface area contributed by atoms with Crippen LogP contribution >= 0.6 is 12.6 Å². The van der Waals surface area contributed by atoms with Crippen LogP contribution in [0.25, 0.3) is 0 Å². The molecule has 0 aromatic carbocycles. The third-order valence-corrected chi connectivity index (χ3v) is 5.35. The molecule has 0 radical (unpaired) electrons. The number of imidazole rings is 1. The van der Waals surface area contributed by atoms with Crippen LogP contribution in [0.1, 0.15) is 104 Å². The lowest BCUT2D eigenvalue weighted by Crippen LogP contribution is -2.14. The van der Waals surface area contributed by atoms with E-state index >= 15 is 0 Å². The predicted molar refractivity (Wildman–Crippen MR) is 121 cm³/mol. The second-order valence-electron chi connectivity index (χ2n) is 8.57. The van der Waals surface area contributed by atoms with Gasteiger partial charge in [-0.2, -0.15) is 12.6 Å². The van der Waals surface area contributed by atoms with Crippen molar-refractivity contribution in [2.24, 2.45) is 0 Å². The van der Waals surface area contributed by atoms with Crippen LogP contribution in [0.5, 0.6) is 0 Å². The molecule has 4 heteroatoms. The highest BCUT2D eigenvalue weighted by molar-refractivity contribution is 7.81. The Bertz CT molecular complexity index is 415. The predicted octanol–water partition coefficient (Wildman–Crippen LogP) is 7.07. The van der Waals surface area contributed by atoms with E-state index < -0.39 is 0 Å². The third-order valence-electron chi connectivity index (χ3n) is 5.12. The summed E-state index contributed by atoms with van der Waals surface area (Å²) in [6.45, 7) is 7.18. The molecule has 0 bridgehead atoms. The van der Waals surface area contributed by atoms with Gasteiger partial charge in [-0.05, 0) is 19.3 Å². The lowest BCUT2D eigenvalue weighted by molar-refractivity contribution is 0.123. The molecule has 0 N–H and O–H groups in total. The van der Waals surface area contributed by atoms with Gasteiger partial charge in [0, 0.05) is 36.9 Å². The lowest BCUT2D eigenvalue weighted by Gasteiger charge is -2.16. The van der Waals surface area contributed by atoms with Crippen molar-refractivity contribution in [3.63, 3.8) is 0 Å². The van der Waals surface area contributed by atoms with E-state index in [0.717, 1.165) is 26.2 Å². The normalized spacial score (nSPS) is 12.0. The summed E-state index contributed by atoms with van der Waals surface area (Å²) in [5.74, 6) is 0. The first kappa shape index (κ1) is 24.6. The summed E-state index contributed by atoms with van der Waals surface area (Å²) in [4.78, 5) is 4.08. The van der Waals surface area contributed by atoms with Gasteiger partial charge < -0.3 is 9.30 Å². The van der Waals surface area contributed by atoms with E-state index in [1.165, 1.54) is 83.5 Å². The minimum Gasteiger partial charge on any atom is -0.381 e. The van der Waals surface area contributed by atoms with Crippen LogP contribution in [0.4, 0.5) is 0 Å². The zero-order valence-electron chi connectivity index (χ0n) is 18.0. The number of unbranched alkanes of at least 4 members (excludes halogenated alkanes) is 12. The molecule has 0 amide bonds. The molecule has 0 saturated carbocycles. The number of aromatic nitrogens is 2. The summed E-state index contributed by atoms with van der Waals surface area (Å²) in [5.41, 5.74) is 0. The van der Waals surface area contributed by atoms with E-state index in [2.05, 4.69) is 42.2 Å². The fourth-order valence-corrected chi connectivity index (χ4v) is 3.38. The number of hydrogen-bond acceptors (Lipinski definition) is 3. The molecule has 0 saturated heterocycles. The first-order valence-corrected chi connectivity index (χ1v) is 11.8. The summed E-state index contributed by atoms with van der Waals surface area (Å²) in [7, 11) is 0. The molecule has 27 heavy (non-hydrogen) atoms. The first-order chi connectivity index (χ1) is 13.1. The van der Waals surface area contributed by atoms with E-state index in [4.69, 9.17) is 4.74 Å². The third kappa shape index (κ3) is 17.4. The van der Waals surface area contributed by atoms with Crippen LogP contribution < -0.4 is 0 Å². The van der Waals surface area contributed by atoms with Gasteiger partial charge in [-0.25, -0.2) is 4.98 Å². The largest absolute Gasteiger partial charge is 0.381 e. The SMILES string of the molecule is CC(C)(S)CCOCCCCCCCCCCCCCCCn1ccnc1. The smallest absolute Gasteiger partial charge is 0.0945 e. The van der Waals surface area contributed by atoms with E-state index in [0.29, 0.717) is 0 Å². The Morgan fingerprint density at radius 2 is 1.30 bits per heavy atom. The quantitative estimate of drug-likeness (QED) is 0.200. The molecule has 0 atom stereocenters. The molecule has 1 heterocycles. The van der Waals surface area contributed by atoms with Gasteiger partial charge >= 0.3 is 0 Å². The molecule has 0 unspecified atom stereocenters. The van der Waals surface area contributed by atoms with E-state index in [-0.39, 0.29) is 4.75 Å². The van der Waals surface area contributed by atoms with E-state index in [1.807, 2.05) is 12.5 Å². The van der Waals surface area contributed by atoms with Crippen molar-refractivity contribution >= 4 is 12.6 Å². The van der Waals surface area contributed by atoms with Gasteiger partial charge in [0.2, 0.25) is 0 Å². The van der Waals surface area contributed by atoms with Crippen molar-refractivity contribution in [2.75, 3.05) is 13.2 Å². The maximum Gasteiger partial charge on any atom is 0.0945 e. The van der Waals surface area contributed by atoms with Crippen molar-refractivity contribution in [3.8, 4) is 0 Å². The summed E-state index contributed by atoms with van der Waals surface area (Å²) in [6, 6.07) is 0. The highest BCUT2D eigenvalue weighted by Gasteiger charge is 2.10. The Balaban J connectivity index is 1.67. The van der Waals surface area contributed by atoms with Crippen LogP contribution in [0.3, 0.4) is 0 Å². The van der Waals surface area contributed by atoms with Gasteiger partial charge in [-0.15, -0.1) is 0 Å². The van der Waals surface area contributed by atoms with Gasteiger partial charge in [0.1, 0.15) is 0 Å².